The Morgan fingerprint density at radius 1 is 1.21 bits per heavy atom. The molecule has 4 nitrogen and oxygen atoms in total. The van der Waals surface area contributed by atoms with Gasteiger partial charge in [0.25, 0.3) is 5.91 Å². The van der Waals surface area contributed by atoms with Crippen molar-refractivity contribution in [2.24, 2.45) is 9.98 Å². The zero-order valence-corrected chi connectivity index (χ0v) is 11.9. The molecule has 1 amide bonds. The average molecular weight is 276 g/mol. The predicted octanol–water partition coefficient (Wildman–Crippen LogP) is 2.85. The lowest BCUT2D eigenvalue weighted by molar-refractivity contribution is -0.116. The number of rotatable bonds is 4. The molecule has 1 aromatic carbocycles. The van der Waals surface area contributed by atoms with Crippen molar-refractivity contribution >= 4 is 28.5 Å². The van der Waals surface area contributed by atoms with Gasteiger partial charge in [0.1, 0.15) is 5.75 Å². The fourth-order valence-corrected chi connectivity index (χ4v) is 2.32. The van der Waals surface area contributed by atoms with E-state index in [1.165, 1.54) is 17.3 Å². The normalized spacial score (nSPS) is 14.9. The molecule has 0 fully saturated rings. The first-order chi connectivity index (χ1) is 9.13. The molecule has 100 valence electrons. The van der Waals surface area contributed by atoms with E-state index in [2.05, 4.69) is 9.98 Å². The lowest BCUT2D eigenvalue weighted by atomic mass is 10.2. The van der Waals surface area contributed by atoms with Gasteiger partial charge < -0.3 is 4.74 Å². The van der Waals surface area contributed by atoms with Crippen molar-refractivity contribution in [1.29, 1.82) is 0 Å². The van der Waals surface area contributed by atoms with Gasteiger partial charge in [-0.3, -0.25) is 4.79 Å². The third-order valence-electron chi connectivity index (χ3n) is 2.52. The minimum absolute atomic E-state index is 0.116. The SMILES string of the molecule is CC1=NC(SCCOc2ccc(C)cc2)=NC(=O)C1. The summed E-state index contributed by atoms with van der Waals surface area (Å²) in [5.74, 6) is 1.46. The summed E-state index contributed by atoms with van der Waals surface area (Å²) in [4.78, 5) is 19.4. The number of ether oxygens (including phenoxy) is 1. The molecule has 0 saturated carbocycles. The van der Waals surface area contributed by atoms with Crippen molar-refractivity contribution in [3.63, 3.8) is 0 Å². The quantitative estimate of drug-likeness (QED) is 0.795. The molecule has 0 bridgehead atoms. The van der Waals surface area contributed by atoms with Gasteiger partial charge in [0.2, 0.25) is 0 Å². The van der Waals surface area contributed by atoms with E-state index < -0.39 is 0 Å². The number of carbonyl (C=O) groups excluding carboxylic acids is 1. The van der Waals surface area contributed by atoms with Crippen molar-refractivity contribution in [3.05, 3.63) is 29.8 Å². The first kappa shape index (κ1) is 13.8. The number of amidine groups is 1. The standard InChI is InChI=1S/C14H16N2O2S/c1-10-3-5-12(6-4-10)18-7-8-19-14-15-11(2)9-13(17)16-14/h3-6H,7-9H2,1-2H3. The summed E-state index contributed by atoms with van der Waals surface area (Å²) in [5.41, 5.74) is 2.03. The number of aliphatic imine (C=N–C) groups is 2. The van der Waals surface area contributed by atoms with Gasteiger partial charge in [-0.2, -0.15) is 4.99 Å². The first-order valence-electron chi connectivity index (χ1n) is 6.11. The third-order valence-corrected chi connectivity index (χ3v) is 3.33. The molecule has 2 rings (SSSR count). The number of aryl methyl sites for hydroxylation is 1. The van der Waals surface area contributed by atoms with Crippen LogP contribution in [0.15, 0.2) is 34.3 Å². The Hall–Kier alpha value is -1.62. The summed E-state index contributed by atoms with van der Waals surface area (Å²) in [6, 6.07) is 7.92. The summed E-state index contributed by atoms with van der Waals surface area (Å²) in [6.45, 7) is 4.45. The summed E-state index contributed by atoms with van der Waals surface area (Å²) < 4.78 is 5.60. The van der Waals surface area contributed by atoms with Gasteiger partial charge in [-0.25, -0.2) is 4.99 Å². The molecule has 0 aliphatic carbocycles. The fraction of sp³-hybridized carbons (Fsp3) is 0.357. The van der Waals surface area contributed by atoms with Crippen LogP contribution in [0.4, 0.5) is 0 Å². The zero-order chi connectivity index (χ0) is 13.7. The highest BCUT2D eigenvalue weighted by Crippen LogP contribution is 2.14. The van der Waals surface area contributed by atoms with Crippen LogP contribution in [0.3, 0.4) is 0 Å². The smallest absolute Gasteiger partial charge is 0.253 e. The van der Waals surface area contributed by atoms with E-state index in [4.69, 9.17) is 4.74 Å². The van der Waals surface area contributed by atoms with E-state index in [0.717, 1.165) is 17.2 Å². The highest BCUT2D eigenvalue weighted by Gasteiger charge is 2.12. The number of hydrogen-bond donors (Lipinski definition) is 0. The molecule has 0 N–H and O–H groups in total. The topological polar surface area (TPSA) is 51.0 Å². The zero-order valence-electron chi connectivity index (χ0n) is 11.0. The summed E-state index contributed by atoms with van der Waals surface area (Å²) in [6.07, 6.45) is 0.337. The molecular weight excluding hydrogens is 260 g/mol. The van der Waals surface area contributed by atoms with Crippen LogP contribution in [0.5, 0.6) is 5.75 Å². The lowest BCUT2D eigenvalue weighted by Gasteiger charge is -2.08. The maximum atomic E-state index is 11.3. The molecule has 0 aromatic heterocycles. The van der Waals surface area contributed by atoms with Crippen molar-refractivity contribution in [3.8, 4) is 5.75 Å². The second-order valence-electron chi connectivity index (χ2n) is 4.32. The molecule has 1 heterocycles. The Labute approximate surface area is 117 Å². The highest BCUT2D eigenvalue weighted by atomic mass is 32.2. The minimum atomic E-state index is -0.116. The largest absolute Gasteiger partial charge is 0.493 e. The van der Waals surface area contributed by atoms with Crippen molar-refractivity contribution in [2.75, 3.05) is 12.4 Å². The van der Waals surface area contributed by atoms with E-state index >= 15 is 0 Å². The predicted molar refractivity (Wildman–Crippen MR) is 79.3 cm³/mol. The molecule has 0 unspecified atom stereocenters. The number of carbonyl (C=O) groups is 1. The van der Waals surface area contributed by atoms with Crippen LogP contribution in [0.1, 0.15) is 18.9 Å². The van der Waals surface area contributed by atoms with Crippen LogP contribution < -0.4 is 4.74 Å². The van der Waals surface area contributed by atoms with Gasteiger partial charge in [0, 0.05) is 11.5 Å². The van der Waals surface area contributed by atoms with Gasteiger partial charge in [-0.15, -0.1) is 0 Å². The van der Waals surface area contributed by atoms with Crippen LogP contribution in [0.25, 0.3) is 0 Å². The molecule has 19 heavy (non-hydrogen) atoms. The van der Waals surface area contributed by atoms with Crippen molar-refractivity contribution in [2.45, 2.75) is 20.3 Å². The van der Waals surface area contributed by atoms with E-state index in [1.807, 2.05) is 38.1 Å². The van der Waals surface area contributed by atoms with E-state index in [-0.39, 0.29) is 5.91 Å². The van der Waals surface area contributed by atoms with Crippen molar-refractivity contribution in [1.82, 2.24) is 0 Å². The second-order valence-corrected chi connectivity index (χ2v) is 5.38. The Morgan fingerprint density at radius 3 is 2.63 bits per heavy atom. The van der Waals surface area contributed by atoms with Crippen LogP contribution in [0, 0.1) is 6.92 Å². The van der Waals surface area contributed by atoms with Crippen LogP contribution in [0.2, 0.25) is 0 Å². The Balaban J connectivity index is 1.75. The minimum Gasteiger partial charge on any atom is -0.493 e. The molecule has 0 spiro atoms. The maximum absolute atomic E-state index is 11.3. The maximum Gasteiger partial charge on any atom is 0.253 e. The second kappa shape index (κ2) is 6.52. The average Bonchev–Trinajstić information content (AvgIpc) is 2.36. The molecule has 1 aliphatic rings. The van der Waals surface area contributed by atoms with Crippen LogP contribution >= 0.6 is 11.8 Å². The number of thioether (sulfide) groups is 1. The summed E-state index contributed by atoms with van der Waals surface area (Å²) in [7, 11) is 0. The van der Waals surface area contributed by atoms with Gasteiger partial charge >= 0.3 is 0 Å². The Kier molecular flexibility index (Phi) is 4.74. The lowest BCUT2D eigenvalue weighted by Crippen LogP contribution is -2.12. The Morgan fingerprint density at radius 2 is 1.95 bits per heavy atom. The number of amides is 1. The van der Waals surface area contributed by atoms with Crippen molar-refractivity contribution < 1.29 is 9.53 Å². The number of benzene rings is 1. The van der Waals surface area contributed by atoms with E-state index in [9.17, 15) is 4.79 Å². The van der Waals surface area contributed by atoms with E-state index in [0.29, 0.717) is 18.2 Å². The molecular formula is C14H16N2O2S. The molecule has 5 heteroatoms. The summed E-state index contributed by atoms with van der Waals surface area (Å²) >= 11 is 1.44. The highest BCUT2D eigenvalue weighted by molar-refractivity contribution is 8.13. The monoisotopic (exact) mass is 276 g/mol. The van der Waals surface area contributed by atoms with Gasteiger partial charge in [-0.1, -0.05) is 29.5 Å². The summed E-state index contributed by atoms with van der Waals surface area (Å²) in [5, 5.41) is 0.543. The third kappa shape index (κ3) is 4.52. The van der Waals surface area contributed by atoms with Crippen LogP contribution in [-0.4, -0.2) is 29.1 Å². The molecule has 1 aromatic rings. The van der Waals surface area contributed by atoms with Gasteiger partial charge in [0.15, 0.2) is 5.17 Å². The Bertz CT molecular complexity index is 521. The van der Waals surface area contributed by atoms with E-state index in [1.54, 1.807) is 0 Å². The number of nitrogens with zero attached hydrogens (tertiary/aromatic N) is 2. The van der Waals surface area contributed by atoms with Gasteiger partial charge in [-0.05, 0) is 26.0 Å². The molecule has 0 saturated heterocycles. The number of hydrogen-bond acceptors (Lipinski definition) is 4. The van der Waals surface area contributed by atoms with Gasteiger partial charge in [0.05, 0.1) is 13.0 Å². The molecule has 0 atom stereocenters. The molecule has 0 radical (unpaired) electrons. The molecule has 1 aliphatic heterocycles. The first-order valence-corrected chi connectivity index (χ1v) is 7.10. The fourth-order valence-electron chi connectivity index (χ4n) is 1.58. The van der Waals surface area contributed by atoms with Crippen LogP contribution in [-0.2, 0) is 4.79 Å².